The molecular weight excluding hydrogens is 350 g/mol. The van der Waals surface area contributed by atoms with Gasteiger partial charge in [-0.1, -0.05) is 36.4 Å². The van der Waals surface area contributed by atoms with Crippen LogP contribution in [0.25, 0.3) is 21.3 Å². The van der Waals surface area contributed by atoms with E-state index < -0.39 is 6.03 Å². The number of nitrogens with zero attached hydrogens (tertiary/aromatic N) is 3. The van der Waals surface area contributed by atoms with Crippen molar-refractivity contribution in [3.63, 3.8) is 0 Å². The van der Waals surface area contributed by atoms with Gasteiger partial charge in [0.25, 0.3) is 0 Å². The lowest BCUT2D eigenvalue weighted by Gasteiger charge is -2.00. The highest BCUT2D eigenvalue weighted by atomic mass is 32.1. The van der Waals surface area contributed by atoms with Crippen molar-refractivity contribution in [3.05, 3.63) is 65.3 Å². The summed E-state index contributed by atoms with van der Waals surface area (Å²) in [5.41, 5.74) is 8.30. The lowest BCUT2D eigenvalue weighted by Crippen LogP contribution is -2.28. The molecule has 0 aliphatic rings. The van der Waals surface area contributed by atoms with E-state index in [2.05, 4.69) is 44.8 Å². The van der Waals surface area contributed by atoms with Crippen LogP contribution in [0, 0.1) is 0 Å². The van der Waals surface area contributed by atoms with Gasteiger partial charge in [-0.05, 0) is 23.3 Å². The van der Waals surface area contributed by atoms with Crippen molar-refractivity contribution in [2.45, 2.75) is 13.0 Å². The van der Waals surface area contributed by atoms with Crippen molar-refractivity contribution < 1.29 is 9.21 Å². The molecular formula is C18H15N5O2S. The van der Waals surface area contributed by atoms with Crippen molar-refractivity contribution in [2.75, 3.05) is 0 Å². The second kappa shape index (κ2) is 6.93. The first-order valence-corrected chi connectivity index (χ1v) is 8.78. The Hall–Kier alpha value is -3.26. The summed E-state index contributed by atoms with van der Waals surface area (Å²) in [6, 6.07) is 15.8. The van der Waals surface area contributed by atoms with Gasteiger partial charge in [0.15, 0.2) is 0 Å². The number of carbonyl (C=O) groups excluding carboxylic acids is 1. The summed E-state index contributed by atoms with van der Waals surface area (Å²) in [6.07, 6.45) is 0.448. The molecule has 26 heavy (non-hydrogen) atoms. The lowest BCUT2D eigenvalue weighted by molar-refractivity contribution is 0.247. The first-order valence-electron chi connectivity index (χ1n) is 7.97. The Bertz CT molecular complexity index is 1060. The Balaban J connectivity index is 1.53. The third kappa shape index (κ3) is 3.55. The van der Waals surface area contributed by atoms with Gasteiger partial charge >= 0.3 is 6.03 Å². The number of amides is 2. The van der Waals surface area contributed by atoms with E-state index in [0.29, 0.717) is 18.2 Å². The molecule has 8 heteroatoms. The van der Waals surface area contributed by atoms with Crippen molar-refractivity contribution in [1.29, 1.82) is 0 Å². The molecule has 0 spiro atoms. The van der Waals surface area contributed by atoms with E-state index in [4.69, 9.17) is 10.2 Å². The summed E-state index contributed by atoms with van der Waals surface area (Å²) in [6.45, 7) is 0.114. The summed E-state index contributed by atoms with van der Waals surface area (Å²) in [7, 11) is 0. The maximum atomic E-state index is 10.7. The molecule has 0 saturated heterocycles. The van der Waals surface area contributed by atoms with E-state index >= 15 is 0 Å². The van der Waals surface area contributed by atoms with Crippen LogP contribution in [0.4, 0.5) is 4.79 Å². The number of benzene rings is 2. The fraction of sp³-hybridized carbons (Fsp3) is 0.111. The molecule has 2 amide bonds. The fourth-order valence-corrected chi connectivity index (χ4v) is 3.58. The predicted molar refractivity (Wildman–Crippen MR) is 98.6 cm³/mol. The van der Waals surface area contributed by atoms with E-state index in [1.54, 1.807) is 11.3 Å². The van der Waals surface area contributed by atoms with Crippen molar-refractivity contribution in [1.82, 2.24) is 20.5 Å². The van der Waals surface area contributed by atoms with Crippen LogP contribution < -0.4 is 11.1 Å². The minimum absolute atomic E-state index is 0.114. The van der Waals surface area contributed by atoms with Gasteiger partial charge in [0, 0.05) is 0 Å². The standard InChI is InChI=1S/C18H15N5O2S/c19-18(24)20-10-16-23-22-15(25-16)9-17-21-13-7-6-12(8-14(13)26-17)11-4-2-1-3-5-11/h1-8H,9-10H2,(H3,19,20,24). The Labute approximate surface area is 152 Å². The molecule has 0 atom stereocenters. The quantitative estimate of drug-likeness (QED) is 0.565. The Morgan fingerprint density at radius 3 is 2.69 bits per heavy atom. The Morgan fingerprint density at radius 1 is 1.08 bits per heavy atom. The van der Waals surface area contributed by atoms with E-state index in [1.807, 2.05) is 24.3 Å². The maximum absolute atomic E-state index is 10.7. The topological polar surface area (TPSA) is 107 Å². The van der Waals surface area contributed by atoms with Gasteiger partial charge < -0.3 is 15.5 Å². The molecule has 130 valence electrons. The van der Waals surface area contributed by atoms with Crippen molar-refractivity contribution >= 4 is 27.6 Å². The van der Waals surface area contributed by atoms with Crippen LogP contribution in [-0.2, 0) is 13.0 Å². The van der Waals surface area contributed by atoms with E-state index in [-0.39, 0.29) is 6.54 Å². The molecule has 2 heterocycles. The number of fused-ring (bicyclic) bond motifs is 1. The number of carbonyl (C=O) groups is 1. The number of nitrogens with two attached hydrogens (primary N) is 1. The van der Waals surface area contributed by atoms with Gasteiger partial charge in [-0.3, -0.25) is 0 Å². The fourth-order valence-electron chi connectivity index (χ4n) is 2.58. The molecule has 0 radical (unpaired) electrons. The van der Waals surface area contributed by atoms with Crippen LogP contribution in [0.5, 0.6) is 0 Å². The van der Waals surface area contributed by atoms with Gasteiger partial charge in [-0.2, -0.15) is 0 Å². The normalized spacial score (nSPS) is 10.9. The number of nitrogens with one attached hydrogen (secondary N) is 1. The zero-order chi connectivity index (χ0) is 17.9. The third-order valence-corrected chi connectivity index (χ3v) is 4.78. The van der Waals surface area contributed by atoms with Crippen LogP contribution >= 0.6 is 11.3 Å². The summed E-state index contributed by atoms with van der Waals surface area (Å²) in [5.74, 6) is 0.764. The zero-order valence-corrected chi connectivity index (χ0v) is 14.5. The van der Waals surface area contributed by atoms with Crippen LogP contribution in [0.3, 0.4) is 0 Å². The highest BCUT2D eigenvalue weighted by molar-refractivity contribution is 7.18. The van der Waals surface area contributed by atoms with Crippen molar-refractivity contribution in [2.24, 2.45) is 5.73 Å². The van der Waals surface area contributed by atoms with Gasteiger partial charge in [-0.25, -0.2) is 9.78 Å². The van der Waals surface area contributed by atoms with Crippen LogP contribution in [0.1, 0.15) is 16.8 Å². The smallest absolute Gasteiger partial charge is 0.312 e. The Kier molecular flexibility index (Phi) is 4.32. The maximum Gasteiger partial charge on any atom is 0.312 e. The number of hydrogen-bond donors (Lipinski definition) is 2. The monoisotopic (exact) mass is 365 g/mol. The summed E-state index contributed by atoms with van der Waals surface area (Å²) in [5, 5.41) is 11.2. The average Bonchev–Trinajstić information content (AvgIpc) is 3.26. The zero-order valence-electron chi connectivity index (χ0n) is 13.7. The number of primary amides is 1. The first-order chi connectivity index (χ1) is 12.7. The summed E-state index contributed by atoms with van der Waals surface area (Å²) >= 11 is 1.60. The summed E-state index contributed by atoms with van der Waals surface area (Å²) in [4.78, 5) is 15.3. The van der Waals surface area contributed by atoms with E-state index in [9.17, 15) is 4.79 Å². The highest BCUT2D eigenvalue weighted by Gasteiger charge is 2.11. The minimum atomic E-state index is -0.634. The van der Waals surface area contributed by atoms with Crippen molar-refractivity contribution in [3.8, 4) is 11.1 Å². The highest BCUT2D eigenvalue weighted by Crippen LogP contribution is 2.29. The second-order valence-electron chi connectivity index (χ2n) is 5.64. The van der Waals surface area contributed by atoms with Gasteiger partial charge in [0.1, 0.15) is 5.01 Å². The molecule has 0 aliphatic heterocycles. The molecule has 0 fully saturated rings. The SMILES string of the molecule is NC(=O)NCc1nnc(Cc2nc3ccc(-c4ccccc4)cc3s2)o1. The number of thiazole rings is 1. The first kappa shape index (κ1) is 16.2. The molecule has 7 nitrogen and oxygen atoms in total. The number of urea groups is 1. The molecule has 4 aromatic rings. The number of hydrogen-bond acceptors (Lipinski definition) is 6. The molecule has 0 unspecified atom stereocenters. The van der Waals surface area contributed by atoms with Gasteiger partial charge in [0.2, 0.25) is 11.8 Å². The molecule has 3 N–H and O–H groups in total. The lowest BCUT2D eigenvalue weighted by atomic mass is 10.1. The Morgan fingerprint density at radius 2 is 1.88 bits per heavy atom. The number of aromatic nitrogens is 3. The molecule has 4 rings (SSSR count). The predicted octanol–water partition coefficient (Wildman–Crippen LogP) is 3.11. The molecule has 2 aromatic heterocycles. The van der Waals surface area contributed by atoms with E-state index in [1.165, 1.54) is 5.56 Å². The van der Waals surface area contributed by atoms with Crippen LogP contribution in [-0.4, -0.2) is 21.2 Å². The van der Waals surface area contributed by atoms with Gasteiger partial charge in [-0.15, -0.1) is 21.5 Å². The average molecular weight is 365 g/mol. The summed E-state index contributed by atoms with van der Waals surface area (Å²) < 4.78 is 6.61. The minimum Gasteiger partial charge on any atom is -0.423 e. The van der Waals surface area contributed by atoms with Crippen LogP contribution in [0.15, 0.2) is 52.9 Å². The molecule has 0 saturated carbocycles. The molecule has 2 aromatic carbocycles. The molecule has 0 bridgehead atoms. The second-order valence-corrected chi connectivity index (χ2v) is 6.76. The van der Waals surface area contributed by atoms with Crippen LogP contribution in [0.2, 0.25) is 0 Å². The molecule has 0 aliphatic carbocycles. The number of rotatable bonds is 5. The van der Waals surface area contributed by atoms with E-state index in [0.717, 1.165) is 20.8 Å². The van der Waals surface area contributed by atoms with Gasteiger partial charge in [0.05, 0.1) is 23.2 Å². The largest absolute Gasteiger partial charge is 0.423 e. The third-order valence-electron chi connectivity index (χ3n) is 3.76.